The minimum atomic E-state index is -2.35. The second-order valence-electron chi connectivity index (χ2n) is 6.47. The molecule has 2 aromatic rings. The molecule has 1 heterocycles. The van der Waals surface area contributed by atoms with Crippen LogP contribution in [0, 0.1) is 29.1 Å². The summed E-state index contributed by atoms with van der Waals surface area (Å²) in [5, 5.41) is 9.47. The van der Waals surface area contributed by atoms with Gasteiger partial charge in [-0.25, -0.2) is 18.0 Å². The zero-order chi connectivity index (χ0) is 23.1. The van der Waals surface area contributed by atoms with E-state index in [4.69, 9.17) is 0 Å². The van der Waals surface area contributed by atoms with Gasteiger partial charge < -0.3 is 4.74 Å². The van der Waals surface area contributed by atoms with Crippen LogP contribution in [0.1, 0.15) is 33.6 Å². The Labute approximate surface area is 183 Å². The van der Waals surface area contributed by atoms with E-state index in [1.54, 1.807) is 0 Å². The van der Waals surface area contributed by atoms with Gasteiger partial charge in [-0.15, -0.1) is 10.2 Å². The summed E-state index contributed by atoms with van der Waals surface area (Å²) in [7, 11) is 0. The number of ether oxygens (including phenoxy) is 1. The zero-order valence-electron chi connectivity index (χ0n) is 16.7. The number of allylic oxidation sites excluding steroid dienone is 3. The van der Waals surface area contributed by atoms with Gasteiger partial charge in [0.05, 0.1) is 0 Å². The normalized spacial score (nSPS) is 11.4. The van der Waals surface area contributed by atoms with Gasteiger partial charge in [-0.1, -0.05) is 46.4 Å². The van der Waals surface area contributed by atoms with Gasteiger partial charge in [0.25, 0.3) is 0 Å². The number of rotatable bonds is 8. The lowest BCUT2D eigenvalue weighted by Gasteiger charge is -2.08. The number of aromatic nitrogens is 2. The van der Waals surface area contributed by atoms with Crippen LogP contribution in [0.2, 0.25) is 0 Å². The molecule has 0 atom stereocenters. The number of hydrogen-bond acceptors (Lipinski definition) is 6. The van der Waals surface area contributed by atoms with E-state index in [1.807, 2.05) is 32.2 Å². The van der Waals surface area contributed by atoms with Crippen molar-refractivity contribution in [2.45, 2.75) is 38.0 Å². The lowest BCUT2D eigenvalue weighted by molar-refractivity contribution is 0.208. The molecule has 5 nitrogen and oxygen atoms in total. The van der Waals surface area contributed by atoms with Crippen molar-refractivity contribution in [3.63, 3.8) is 0 Å². The maximum atomic E-state index is 13.6. The highest BCUT2D eigenvalue weighted by atomic mass is 32.2. The Morgan fingerprint density at radius 3 is 2.23 bits per heavy atom. The number of anilines is 1. The van der Waals surface area contributed by atoms with E-state index in [0.717, 1.165) is 24.2 Å². The Balaban J connectivity index is 1.92. The highest BCUT2D eigenvalue weighted by molar-refractivity contribution is 8.01. The van der Waals surface area contributed by atoms with Crippen molar-refractivity contribution in [1.82, 2.24) is 10.2 Å². The molecule has 0 saturated heterocycles. The third-order valence-electron chi connectivity index (χ3n) is 3.71. The first-order valence-electron chi connectivity index (χ1n) is 8.85. The van der Waals surface area contributed by atoms with Gasteiger partial charge in [0.2, 0.25) is 40.0 Å². The van der Waals surface area contributed by atoms with Crippen LogP contribution in [0.25, 0.3) is 0 Å². The van der Waals surface area contributed by atoms with Gasteiger partial charge in [-0.3, -0.25) is 5.32 Å². The molecule has 0 aliphatic rings. The molecule has 12 heteroatoms. The molecule has 168 valence electrons. The van der Waals surface area contributed by atoms with Crippen LogP contribution in [-0.4, -0.2) is 22.0 Å². The van der Waals surface area contributed by atoms with E-state index in [0.29, 0.717) is 10.1 Å². The molecule has 0 spiro atoms. The molecule has 31 heavy (non-hydrogen) atoms. The standard InChI is InChI=1S/C19H18F5N3O2S2/c1-9(2)5-4-6-10(3)7-8-30-19-27-26-17(31-19)25-18(28)29-16-14(23)12(21)11(20)13(22)15(16)24/h5,7H,4,6,8H2,1-3H3,(H,25,26,28)/b10-7+. The summed E-state index contributed by atoms with van der Waals surface area (Å²) < 4.78 is 71.2. The van der Waals surface area contributed by atoms with E-state index in [9.17, 15) is 26.7 Å². The van der Waals surface area contributed by atoms with E-state index in [1.165, 1.54) is 22.9 Å². The van der Waals surface area contributed by atoms with Crippen LogP contribution >= 0.6 is 23.1 Å². The molecule has 0 saturated carbocycles. The highest BCUT2D eigenvalue weighted by Gasteiger charge is 2.28. The molecule has 0 radical (unpaired) electrons. The molecule has 2 rings (SSSR count). The quantitative estimate of drug-likeness (QED) is 0.115. The number of halogens is 5. The Hall–Kier alpha value is -2.47. The topological polar surface area (TPSA) is 64.1 Å². The Morgan fingerprint density at radius 2 is 1.61 bits per heavy atom. The number of benzene rings is 1. The summed E-state index contributed by atoms with van der Waals surface area (Å²) in [6.45, 7) is 6.09. The summed E-state index contributed by atoms with van der Waals surface area (Å²) >= 11 is 2.31. The van der Waals surface area contributed by atoms with Crippen molar-refractivity contribution in [3.8, 4) is 5.75 Å². The first-order chi connectivity index (χ1) is 14.6. The molecule has 1 aromatic carbocycles. The Morgan fingerprint density at radius 1 is 1.00 bits per heavy atom. The maximum Gasteiger partial charge on any atom is 0.419 e. The predicted molar refractivity (Wildman–Crippen MR) is 109 cm³/mol. The first kappa shape index (κ1) is 24.8. The smallest absolute Gasteiger partial charge is 0.403 e. The van der Waals surface area contributed by atoms with E-state index in [-0.39, 0.29) is 5.13 Å². The van der Waals surface area contributed by atoms with Crippen molar-refractivity contribution < 1.29 is 31.5 Å². The van der Waals surface area contributed by atoms with Crippen LogP contribution in [0.3, 0.4) is 0 Å². The maximum absolute atomic E-state index is 13.6. The summed E-state index contributed by atoms with van der Waals surface area (Å²) in [5.74, 6) is -12.4. The van der Waals surface area contributed by atoms with Crippen LogP contribution in [0.15, 0.2) is 27.6 Å². The SMILES string of the molecule is CC(C)=CCC/C(C)=C/CSc1nnc(NC(=O)Oc2c(F)c(F)c(F)c(F)c2F)s1. The van der Waals surface area contributed by atoms with Crippen molar-refractivity contribution in [2.75, 3.05) is 11.1 Å². The largest absolute Gasteiger partial charge is 0.419 e. The number of amides is 1. The zero-order valence-corrected chi connectivity index (χ0v) is 18.3. The van der Waals surface area contributed by atoms with Crippen LogP contribution in [0.5, 0.6) is 5.75 Å². The molecular formula is C19H18F5N3O2S2. The number of thioether (sulfide) groups is 1. The van der Waals surface area contributed by atoms with Crippen molar-refractivity contribution >= 4 is 34.3 Å². The molecule has 0 fully saturated rings. The minimum Gasteiger partial charge on any atom is -0.403 e. The molecular weight excluding hydrogens is 461 g/mol. The monoisotopic (exact) mass is 479 g/mol. The fourth-order valence-corrected chi connectivity index (χ4v) is 3.89. The number of carbonyl (C=O) groups excluding carboxylic acids is 1. The fourth-order valence-electron chi connectivity index (χ4n) is 2.14. The van der Waals surface area contributed by atoms with E-state index < -0.39 is 40.9 Å². The minimum absolute atomic E-state index is 0.0689. The second-order valence-corrected chi connectivity index (χ2v) is 8.71. The van der Waals surface area contributed by atoms with Crippen molar-refractivity contribution in [3.05, 3.63) is 52.4 Å². The van der Waals surface area contributed by atoms with Gasteiger partial charge in [-0.2, -0.15) is 8.78 Å². The highest BCUT2D eigenvalue weighted by Crippen LogP contribution is 2.30. The van der Waals surface area contributed by atoms with Crippen LogP contribution < -0.4 is 10.1 Å². The summed E-state index contributed by atoms with van der Waals surface area (Å²) in [5.41, 5.74) is 2.47. The second kappa shape index (κ2) is 11.2. The molecule has 0 aliphatic carbocycles. The van der Waals surface area contributed by atoms with Gasteiger partial charge >= 0.3 is 6.09 Å². The fraction of sp³-hybridized carbons (Fsp3) is 0.316. The third-order valence-corrected chi connectivity index (χ3v) is 5.61. The van der Waals surface area contributed by atoms with Crippen molar-refractivity contribution in [1.29, 1.82) is 0 Å². The number of hydrogen-bond donors (Lipinski definition) is 1. The number of nitrogens with zero attached hydrogens (tertiary/aromatic N) is 2. The van der Waals surface area contributed by atoms with Gasteiger partial charge in [0, 0.05) is 5.75 Å². The molecule has 1 N–H and O–H groups in total. The van der Waals surface area contributed by atoms with E-state index in [2.05, 4.69) is 21.0 Å². The average Bonchev–Trinajstić information content (AvgIpc) is 3.15. The average molecular weight is 479 g/mol. The molecule has 1 amide bonds. The summed E-state index contributed by atoms with van der Waals surface area (Å²) in [6.07, 6.45) is 4.59. The Kier molecular flexibility index (Phi) is 8.99. The Bertz CT molecular complexity index is 991. The van der Waals surface area contributed by atoms with Gasteiger partial charge in [-0.05, 0) is 33.6 Å². The van der Waals surface area contributed by atoms with Gasteiger partial charge in [0.15, 0.2) is 4.34 Å². The first-order valence-corrected chi connectivity index (χ1v) is 10.7. The molecule has 0 bridgehead atoms. The molecule has 0 aliphatic heterocycles. The van der Waals surface area contributed by atoms with Crippen LogP contribution in [-0.2, 0) is 0 Å². The lowest BCUT2D eigenvalue weighted by atomic mass is 10.1. The third kappa shape index (κ3) is 7.03. The van der Waals surface area contributed by atoms with E-state index >= 15 is 0 Å². The number of carbonyl (C=O) groups is 1. The van der Waals surface area contributed by atoms with Gasteiger partial charge in [0.1, 0.15) is 0 Å². The van der Waals surface area contributed by atoms with Crippen LogP contribution in [0.4, 0.5) is 31.9 Å². The summed E-state index contributed by atoms with van der Waals surface area (Å²) in [6, 6.07) is 0. The summed E-state index contributed by atoms with van der Waals surface area (Å²) in [4.78, 5) is 11.8. The molecule has 0 unspecified atom stereocenters. The lowest BCUT2D eigenvalue weighted by Crippen LogP contribution is -2.19. The molecule has 1 aromatic heterocycles. The number of nitrogens with one attached hydrogen (secondary N) is 1. The predicted octanol–water partition coefficient (Wildman–Crippen LogP) is 6.63. The van der Waals surface area contributed by atoms with Crippen molar-refractivity contribution in [2.24, 2.45) is 0 Å².